The number of phenols is 1. The van der Waals surface area contributed by atoms with E-state index in [2.05, 4.69) is 5.32 Å². The summed E-state index contributed by atoms with van der Waals surface area (Å²) in [6, 6.07) is 7.72. The van der Waals surface area contributed by atoms with Gasteiger partial charge in [-0.15, -0.1) is 0 Å². The van der Waals surface area contributed by atoms with Gasteiger partial charge in [0.1, 0.15) is 5.75 Å². The van der Waals surface area contributed by atoms with Crippen LogP contribution in [-0.4, -0.2) is 18.2 Å². The third kappa shape index (κ3) is 1.53. The molecule has 1 saturated heterocycles. The van der Waals surface area contributed by atoms with Crippen molar-refractivity contribution >= 4 is 0 Å². The van der Waals surface area contributed by atoms with Crippen LogP contribution in [0.2, 0.25) is 0 Å². The Labute approximate surface area is 90.3 Å². The standard InChI is InChI=1S/C13H17NO/c15-12-4-2-1-3-11(12)5-10-6-13(7-10)8-14-9-13/h1-4,10,14-15H,5-9H2. The maximum absolute atomic E-state index is 9.67. The summed E-state index contributed by atoms with van der Waals surface area (Å²) in [5, 5.41) is 13.0. The van der Waals surface area contributed by atoms with Crippen LogP contribution in [0, 0.1) is 11.3 Å². The summed E-state index contributed by atoms with van der Waals surface area (Å²) in [5.41, 5.74) is 1.76. The Bertz CT molecular complexity index is 363. The van der Waals surface area contributed by atoms with Crippen LogP contribution < -0.4 is 5.32 Å². The van der Waals surface area contributed by atoms with E-state index in [9.17, 15) is 5.11 Å². The lowest BCUT2D eigenvalue weighted by molar-refractivity contribution is 0.000682. The molecular weight excluding hydrogens is 186 g/mol. The first-order valence-electron chi connectivity index (χ1n) is 5.75. The van der Waals surface area contributed by atoms with Crippen molar-refractivity contribution < 1.29 is 5.11 Å². The van der Waals surface area contributed by atoms with E-state index in [0.717, 1.165) is 17.9 Å². The Hall–Kier alpha value is -1.02. The fraction of sp³-hybridized carbons (Fsp3) is 0.538. The Kier molecular flexibility index (Phi) is 1.99. The van der Waals surface area contributed by atoms with Crippen LogP contribution in [0.4, 0.5) is 0 Å². The van der Waals surface area contributed by atoms with Crippen molar-refractivity contribution in [3.63, 3.8) is 0 Å². The lowest BCUT2D eigenvalue weighted by atomic mass is 9.57. The lowest BCUT2D eigenvalue weighted by Crippen LogP contribution is -2.60. The van der Waals surface area contributed by atoms with Crippen LogP contribution in [-0.2, 0) is 6.42 Å². The van der Waals surface area contributed by atoms with E-state index < -0.39 is 0 Å². The first-order valence-corrected chi connectivity index (χ1v) is 5.75. The molecular formula is C13H17NO. The van der Waals surface area contributed by atoms with Gasteiger partial charge in [-0.1, -0.05) is 18.2 Å². The van der Waals surface area contributed by atoms with E-state index in [1.54, 1.807) is 6.07 Å². The average molecular weight is 203 g/mol. The molecule has 1 aromatic rings. The second kappa shape index (κ2) is 3.24. The van der Waals surface area contributed by atoms with Gasteiger partial charge >= 0.3 is 0 Å². The molecule has 3 rings (SSSR count). The van der Waals surface area contributed by atoms with Crippen molar-refractivity contribution in [1.29, 1.82) is 0 Å². The van der Waals surface area contributed by atoms with Gasteiger partial charge in [0.25, 0.3) is 0 Å². The van der Waals surface area contributed by atoms with Gasteiger partial charge in [-0.25, -0.2) is 0 Å². The van der Waals surface area contributed by atoms with Gasteiger partial charge in [-0.05, 0) is 42.2 Å². The van der Waals surface area contributed by atoms with E-state index in [1.165, 1.54) is 25.9 Å². The monoisotopic (exact) mass is 203 g/mol. The normalized spacial score (nSPS) is 23.5. The Balaban J connectivity index is 1.61. The number of benzene rings is 1. The lowest BCUT2D eigenvalue weighted by Gasteiger charge is -2.54. The van der Waals surface area contributed by atoms with Gasteiger partial charge in [0.15, 0.2) is 0 Å². The molecule has 0 unspecified atom stereocenters. The molecule has 1 saturated carbocycles. The van der Waals surface area contributed by atoms with Crippen molar-refractivity contribution in [2.75, 3.05) is 13.1 Å². The molecule has 0 amide bonds. The summed E-state index contributed by atoms with van der Waals surface area (Å²) in [5.74, 6) is 1.26. The van der Waals surface area contributed by atoms with Crippen LogP contribution in [0.25, 0.3) is 0 Å². The molecule has 2 fully saturated rings. The number of phenolic OH excluding ortho intramolecular Hbond substituents is 1. The Morgan fingerprint density at radius 2 is 2.00 bits per heavy atom. The second-order valence-electron chi connectivity index (χ2n) is 5.21. The zero-order valence-corrected chi connectivity index (χ0v) is 8.87. The van der Waals surface area contributed by atoms with E-state index in [1.807, 2.05) is 18.2 Å². The molecule has 1 aliphatic carbocycles. The van der Waals surface area contributed by atoms with Gasteiger partial charge in [0.05, 0.1) is 0 Å². The number of hydrogen-bond donors (Lipinski definition) is 2. The summed E-state index contributed by atoms with van der Waals surface area (Å²) in [4.78, 5) is 0. The molecule has 1 aliphatic heterocycles. The van der Waals surface area contributed by atoms with Crippen molar-refractivity contribution in [3.8, 4) is 5.75 Å². The maximum Gasteiger partial charge on any atom is 0.118 e. The van der Waals surface area contributed by atoms with Crippen LogP contribution >= 0.6 is 0 Å². The number of para-hydroxylation sites is 1. The number of nitrogens with one attached hydrogen (secondary N) is 1. The summed E-state index contributed by atoms with van der Waals surface area (Å²) >= 11 is 0. The topological polar surface area (TPSA) is 32.3 Å². The van der Waals surface area contributed by atoms with E-state index in [0.29, 0.717) is 11.2 Å². The highest BCUT2D eigenvalue weighted by molar-refractivity contribution is 5.32. The van der Waals surface area contributed by atoms with Gasteiger partial charge in [-0.3, -0.25) is 0 Å². The van der Waals surface area contributed by atoms with Crippen molar-refractivity contribution in [3.05, 3.63) is 29.8 Å². The minimum absolute atomic E-state index is 0.463. The van der Waals surface area contributed by atoms with E-state index in [-0.39, 0.29) is 0 Å². The van der Waals surface area contributed by atoms with Gasteiger partial charge in [0.2, 0.25) is 0 Å². The molecule has 0 aromatic heterocycles. The molecule has 1 aromatic carbocycles. The van der Waals surface area contributed by atoms with E-state index >= 15 is 0 Å². The smallest absolute Gasteiger partial charge is 0.118 e. The second-order valence-corrected chi connectivity index (χ2v) is 5.21. The molecule has 2 aliphatic rings. The summed E-state index contributed by atoms with van der Waals surface area (Å²) in [6.45, 7) is 2.43. The third-order valence-electron chi connectivity index (χ3n) is 3.94. The third-order valence-corrected chi connectivity index (χ3v) is 3.94. The van der Waals surface area contributed by atoms with Crippen LogP contribution in [0.15, 0.2) is 24.3 Å². The van der Waals surface area contributed by atoms with E-state index in [4.69, 9.17) is 0 Å². The van der Waals surface area contributed by atoms with Gasteiger partial charge in [-0.2, -0.15) is 0 Å². The first-order chi connectivity index (χ1) is 7.27. The minimum atomic E-state index is 0.463. The summed E-state index contributed by atoms with van der Waals surface area (Å²) in [7, 11) is 0. The fourth-order valence-electron chi connectivity index (χ4n) is 3.07. The fourth-order valence-corrected chi connectivity index (χ4v) is 3.07. The Morgan fingerprint density at radius 3 is 2.60 bits per heavy atom. The Morgan fingerprint density at radius 1 is 1.27 bits per heavy atom. The number of rotatable bonds is 2. The van der Waals surface area contributed by atoms with Crippen molar-refractivity contribution in [2.45, 2.75) is 19.3 Å². The summed E-state index contributed by atoms with van der Waals surface area (Å²) < 4.78 is 0. The zero-order valence-electron chi connectivity index (χ0n) is 8.87. The number of aromatic hydroxyl groups is 1. The van der Waals surface area contributed by atoms with Crippen LogP contribution in [0.3, 0.4) is 0 Å². The molecule has 0 radical (unpaired) electrons. The molecule has 0 bridgehead atoms. The highest BCUT2D eigenvalue weighted by atomic mass is 16.3. The molecule has 2 heteroatoms. The van der Waals surface area contributed by atoms with Gasteiger partial charge < -0.3 is 10.4 Å². The van der Waals surface area contributed by atoms with Crippen molar-refractivity contribution in [2.24, 2.45) is 11.3 Å². The van der Waals surface area contributed by atoms with Gasteiger partial charge in [0, 0.05) is 13.1 Å². The largest absolute Gasteiger partial charge is 0.508 e. The molecule has 2 N–H and O–H groups in total. The highest BCUT2D eigenvalue weighted by Gasteiger charge is 2.47. The quantitative estimate of drug-likeness (QED) is 0.770. The number of hydrogen-bond acceptors (Lipinski definition) is 2. The molecule has 80 valence electrons. The zero-order chi connectivity index (χ0) is 10.3. The highest BCUT2D eigenvalue weighted by Crippen LogP contribution is 2.49. The molecule has 1 heterocycles. The minimum Gasteiger partial charge on any atom is -0.508 e. The predicted octanol–water partition coefficient (Wildman–Crippen LogP) is 1.93. The molecule has 15 heavy (non-hydrogen) atoms. The first kappa shape index (κ1) is 9.22. The summed E-state index contributed by atoms with van der Waals surface area (Å²) in [6.07, 6.45) is 3.73. The molecule has 2 nitrogen and oxygen atoms in total. The van der Waals surface area contributed by atoms with Crippen LogP contribution in [0.5, 0.6) is 5.75 Å². The molecule has 0 atom stereocenters. The van der Waals surface area contributed by atoms with Crippen LogP contribution in [0.1, 0.15) is 18.4 Å². The predicted molar refractivity (Wildman–Crippen MR) is 59.8 cm³/mol. The molecule has 1 spiro atoms. The van der Waals surface area contributed by atoms with Crippen molar-refractivity contribution in [1.82, 2.24) is 5.32 Å². The maximum atomic E-state index is 9.67. The average Bonchev–Trinajstić information content (AvgIpc) is 2.10. The SMILES string of the molecule is Oc1ccccc1CC1CC2(CNC2)C1.